The molecule has 3 rings (SSSR count). The SMILES string of the molecule is NC(=O)NC(=O)[C@@H](c1ccccc1)N1CCO[C@H](c2ccccc2)C1. The molecular weight excluding hydrogens is 318 g/mol. The lowest BCUT2D eigenvalue weighted by Gasteiger charge is -2.37. The molecule has 2 aromatic rings. The number of nitrogens with zero attached hydrogens (tertiary/aromatic N) is 1. The molecule has 6 heteroatoms. The summed E-state index contributed by atoms with van der Waals surface area (Å²) in [4.78, 5) is 25.8. The van der Waals surface area contributed by atoms with Gasteiger partial charge in [-0.15, -0.1) is 0 Å². The number of morpholine rings is 1. The van der Waals surface area contributed by atoms with Crippen LogP contribution < -0.4 is 11.1 Å². The first-order valence-corrected chi connectivity index (χ1v) is 8.21. The van der Waals surface area contributed by atoms with Crippen molar-refractivity contribution < 1.29 is 14.3 Å². The Kier molecular flexibility index (Phi) is 5.42. The molecule has 25 heavy (non-hydrogen) atoms. The first kappa shape index (κ1) is 17.1. The van der Waals surface area contributed by atoms with Crippen LogP contribution in [0.15, 0.2) is 60.7 Å². The lowest BCUT2D eigenvalue weighted by atomic mass is 10.0. The second kappa shape index (κ2) is 7.92. The molecule has 0 aromatic heterocycles. The normalized spacial score (nSPS) is 19.1. The number of carbonyl (C=O) groups excluding carboxylic acids is 2. The van der Waals surface area contributed by atoms with E-state index >= 15 is 0 Å². The lowest BCUT2D eigenvalue weighted by Crippen LogP contribution is -2.48. The zero-order chi connectivity index (χ0) is 17.6. The number of carbonyl (C=O) groups is 2. The Balaban J connectivity index is 1.85. The molecule has 1 saturated heterocycles. The van der Waals surface area contributed by atoms with Gasteiger partial charge < -0.3 is 10.5 Å². The highest BCUT2D eigenvalue weighted by molar-refractivity contribution is 5.96. The minimum Gasteiger partial charge on any atom is -0.371 e. The predicted molar refractivity (Wildman–Crippen MR) is 93.6 cm³/mol. The molecule has 0 radical (unpaired) electrons. The smallest absolute Gasteiger partial charge is 0.318 e. The van der Waals surface area contributed by atoms with Gasteiger partial charge in [-0.3, -0.25) is 15.0 Å². The van der Waals surface area contributed by atoms with Crippen molar-refractivity contribution in [2.75, 3.05) is 19.7 Å². The molecular formula is C19H21N3O3. The molecule has 130 valence electrons. The van der Waals surface area contributed by atoms with Crippen LogP contribution in [0.25, 0.3) is 0 Å². The summed E-state index contributed by atoms with van der Waals surface area (Å²) in [5, 5.41) is 2.21. The highest BCUT2D eigenvalue weighted by Gasteiger charge is 2.33. The van der Waals surface area contributed by atoms with Crippen LogP contribution in [0.1, 0.15) is 23.3 Å². The first-order chi connectivity index (χ1) is 12.1. The molecule has 1 aliphatic heterocycles. The third kappa shape index (κ3) is 4.23. The van der Waals surface area contributed by atoms with Crippen molar-refractivity contribution in [2.45, 2.75) is 12.1 Å². The van der Waals surface area contributed by atoms with Crippen LogP contribution in [0.5, 0.6) is 0 Å². The molecule has 0 saturated carbocycles. The maximum atomic E-state index is 12.6. The molecule has 1 aliphatic rings. The summed E-state index contributed by atoms with van der Waals surface area (Å²) in [5.41, 5.74) is 7.02. The average Bonchev–Trinajstić information content (AvgIpc) is 2.63. The van der Waals surface area contributed by atoms with Crippen LogP contribution in [-0.2, 0) is 9.53 Å². The molecule has 0 spiro atoms. The number of amides is 3. The molecule has 1 heterocycles. The van der Waals surface area contributed by atoms with Gasteiger partial charge >= 0.3 is 6.03 Å². The van der Waals surface area contributed by atoms with E-state index in [1.165, 1.54) is 0 Å². The molecule has 2 atom stereocenters. The number of ether oxygens (including phenoxy) is 1. The number of nitrogens with two attached hydrogens (primary N) is 1. The molecule has 3 N–H and O–H groups in total. The van der Waals surface area contributed by atoms with E-state index in [9.17, 15) is 9.59 Å². The van der Waals surface area contributed by atoms with Crippen molar-refractivity contribution in [3.63, 3.8) is 0 Å². The number of rotatable bonds is 4. The minimum atomic E-state index is -0.848. The molecule has 0 aliphatic carbocycles. The van der Waals surface area contributed by atoms with Gasteiger partial charge in [0.15, 0.2) is 0 Å². The van der Waals surface area contributed by atoms with Gasteiger partial charge in [-0.25, -0.2) is 4.79 Å². The first-order valence-electron chi connectivity index (χ1n) is 8.21. The maximum absolute atomic E-state index is 12.6. The van der Waals surface area contributed by atoms with Gasteiger partial charge in [0, 0.05) is 13.1 Å². The van der Waals surface area contributed by atoms with Crippen LogP contribution >= 0.6 is 0 Å². The summed E-state index contributed by atoms with van der Waals surface area (Å²) < 4.78 is 5.88. The molecule has 1 fully saturated rings. The van der Waals surface area contributed by atoms with Gasteiger partial charge in [-0.1, -0.05) is 60.7 Å². The van der Waals surface area contributed by atoms with Crippen LogP contribution in [0.4, 0.5) is 4.79 Å². The minimum absolute atomic E-state index is 0.123. The van der Waals surface area contributed by atoms with Crippen molar-refractivity contribution in [1.29, 1.82) is 0 Å². The van der Waals surface area contributed by atoms with Crippen LogP contribution in [0.3, 0.4) is 0 Å². The van der Waals surface area contributed by atoms with E-state index in [0.717, 1.165) is 11.1 Å². The van der Waals surface area contributed by atoms with E-state index in [0.29, 0.717) is 19.7 Å². The fourth-order valence-electron chi connectivity index (χ4n) is 3.13. The Morgan fingerprint density at radius 3 is 2.36 bits per heavy atom. The second-order valence-electron chi connectivity index (χ2n) is 5.93. The van der Waals surface area contributed by atoms with Gasteiger partial charge in [0.05, 0.1) is 12.7 Å². The Morgan fingerprint density at radius 1 is 1.08 bits per heavy atom. The Hall–Kier alpha value is -2.70. The number of imide groups is 1. The fourth-order valence-corrected chi connectivity index (χ4v) is 3.13. The van der Waals surface area contributed by atoms with Crippen molar-refractivity contribution in [3.8, 4) is 0 Å². The molecule has 3 amide bonds. The summed E-state index contributed by atoms with van der Waals surface area (Å²) in [6.45, 7) is 1.65. The topological polar surface area (TPSA) is 84.7 Å². The lowest BCUT2D eigenvalue weighted by molar-refractivity contribution is -0.129. The summed E-state index contributed by atoms with van der Waals surface area (Å²) >= 11 is 0. The van der Waals surface area contributed by atoms with Crippen molar-refractivity contribution in [3.05, 3.63) is 71.8 Å². The zero-order valence-electron chi connectivity index (χ0n) is 13.8. The van der Waals surface area contributed by atoms with E-state index < -0.39 is 18.0 Å². The van der Waals surface area contributed by atoms with Gasteiger partial charge in [-0.05, 0) is 11.1 Å². The van der Waals surface area contributed by atoms with Gasteiger partial charge in [0.2, 0.25) is 5.91 Å². The molecule has 2 aromatic carbocycles. The van der Waals surface area contributed by atoms with E-state index in [1.807, 2.05) is 65.6 Å². The van der Waals surface area contributed by atoms with Crippen LogP contribution in [-0.4, -0.2) is 36.5 Å². The average molecular weight is 339 g/mol. The molecule has 0 unspecified atom stereocenters. The van der Waals surface area contributed by atoms with Crippen molar-refractivity contribution >= 4 is 11.9 Å². The summed E-state index contributed by atoms with van der Waals surface area (Å²) in [5.74, 6) is -0.424. The highest BCUT2D eigenvalue weighted by Crippen LogP contribution is 2.29. The monoisotopic (exact) mass is 339 g/mol. The van der Waals surface area contributed by atoms with Crippen LogP contribution in [0, 0.1) is 0 Å². The van der Waals surface area contributed by atoms with Gasteiger partial charge in [0.25, 0.3) is 0 Å². The summed E-state index contributed by atoms with van der Waals surface area (Å²) in [7, 11) is 0. The summed E-state index contributed by atoms with van der Waals surface area (Å²) in [6.07, 6.45) is -0.123. The maximum Gasteiger partial charge on any atom is 0.318 e. The fraction of sp³-hybridized carbons (Fsp3) is 0.263. The third-order valence-electron chi connectivity index (χ3n) is 4.24. The number of nitrogens with one attached hydrogen (secondary N) is 1. The van der Waals surface area contributed by atoms with Gasteiger partial charge in [-0.2, -0.15) is 0 Å². The Labute approximate surface area is 146 Å². The van der Waals surface area contributed by atoms with E-state index in [4.69, 9.17) is 10.5 Å². The Bertz CT molecular complexity index is 721. The van der Waals surface area contributed by atoms with E-state index in [1.54, 1.807) is 0 Å². The number of urea groups is 1. The third-order valence-corrected chi connectivity index (χ3v) is 4.24. The summed E-state index contributed by atoms with van der Waals surface area (Å²) in [6, 6.07) is 17.8. The van der Waals surface area contributed by atoms with Crippen LogP contribution in [0.2, 0.25) is 0 Å². The second-order valence-corrected chi connectivity index (χ2v) is 5.93. The van der Waals surface area contributed by atoms with Gasteiger partial charge in [0.1, 0.15) is 6.04 Å². The zero-order valence-corrected chi connectivity index (χ0v) is 13.8. The quantitative estimate of drug-likeness (QED) is 0.892. The van der Waals surface area contributed by atoms with E-state index in [2.05, 4.69) is 5.32 Å². The Morgan fingerprint density at radius 2 is 1.72 bits per heavy atom. The molecule has 0 bridgehead atoms. The molecule has 6 nitrogen and oxygen atoms in total. The number of benzene rings is 2. The predicted octanol–water partition coefficient (Wildman–Crippen LogP) is 2.00. The van der Waals surface area contributed by atoms with Crippen molar-refractivity contribution in [2.24, 2.45) is 5.73 Å². The number of hydrogen-bond acceptors (Lipinski definition) is 4. The highest BCUT2D eigenvalue weighted by atomic mass is 16.5. The van der Waals surface area contributed by atoms with Crippen molar-refractivity contribution in [1.82, 2.24) is 10.2 Å². The standard InChI is InChI=1S/C19H21N3O3/c20-19(24)21-18(23)17(15-9-5-2-6-10-15)22-11-12-25-16(13-22)14-7-3-1-4-8-14/h1-10,16-17H,11-13H2,(H3,20,21,23,24)/t16-,17+/m0/s1. The largest absolute Gasteiger partial charge is 0.371 e. The number of hydrogen-bond donors (Lipinski definition) is 2. The van der Waals surface area contributed by atoms with E-state index in [-0.39, 0.29) is 6.10 Å². The number of primary amides is 1.